The molecule has 148 valence electrons. The normalized spacial score (nSPS) is 22.2. The molecule has 5 nitrogen and oxygen atoms in total. The number of hydrogen-bond acceptors (Lipinski definition) is 3. The van der Waals surface area contributed by atoms with Gasteiger partial charge in [-0.1, -0.05) is 19.1 Å². The summed E-state index contributed by atoms with van der Waals surface area (Å²) in [5, 5.41) is 6.85. The Bertz CT molecular complexity index is 567. The van der Waals surface area contributed by atoms with Gasteiger partial charge in [0.2, 0.25) is 0 Å². The zero-order valence-corrected chi connectivity index (χ0v) is 18.7. The van der Waals surface area contributed by atoms with E-state index in [1.807, 2.05) is 0 Å². The molecule has 0 radical (unpaired) electrons. The first kappa shape index (κ1) is 23.1. The third-order valence-corrected chi connectivity index (χ3v) is 4.90. The van der Waals surface area contributed by atoms with Crippen LogP contribution in [-0.4, -0.2) is 56.7 Å². The summed E-state index contributed by atoms with van der Waals surface area (Å²) in [7, 11) is 3.43. The molecule has 1 aliphatic rings. The Kier molecular flexibility index (Phi) is 9.81. The Morgan fingerprint density at radius 3 is 2.46 bits per heavy atom. The van der Waals surface area contributed by atoms with Gasteiger partial charge in [0.15, 0.2) is 5.96 Å². The first-order valence-electron chi connectivity index (χ1n) is 8.94. The molecule has 0 amide bonds. The maximum absolute atomic E-state index is 13.1. The van der Waals surface area contributed by atoms with Crippen LogP contribution in [0.25, 0.3) is 0 Å². The summed E-state index contributed by atoms with van der Waals surface area (Å²) in [6, 6.07) is 7.34. The van der Waals surface area contributed by atoms with E-state index in [2.05, 4.69) is 41.3 Å². The highest BCUT2D eigenvalue weighted by Gasteiger charge is 2.31. The van der Waals surface area contributed by atoms with Crippen molar-refractivity contribution in [1.82, 2.24) is 15.5 Å². The van der Waals surface area contributed by atoms with Crippen molar-refractivity contribution in [2.75, 3.05) is 33.8 Å². The monoisotopic (exact) mass is 478 g/mol. The largest absolute Gasteiger partial charge is 0.375 e. The van der Waals surface area contributed by atoms with E-state index < -0.39 is 0 Å². The molecule has 1 fully saturated rings. The molecule has 1 aromatic carbocycles. The Morgan fingerprint density at radius 2 is 1.96 bits per heavy atom. The van der Waals surface area contributed by atoms with Gasteiger partial charge in [-0.25, -0.2) is 4.39 Å². The van der Waals surface area contributed by atoms with E-state index in [1.165, 1.54) is 12.1 Å². The number of nitrogens with one attached hydrogen (secondary N) is 2. The number of methoxy groups -OCH3 is 1. The summed E-state index contributed by atoms with van der Waals surface area (Å²) in [5.41, 5.74) is 0.937. The molecule has 3 unspecified atom stereocenters. The lowest BCUT2D eigenvalue weighted by Crippen LogP contribution is -2.47. The van der Waals surface area contributed by atoms with Crippen LogP contribution in [0.4, 0.5) is 4.39 Å². The maximum atomic E-state index is 13.1. The van der Waals surface area contributed by atoms with E-state index in [-0.39, 0.29) is 35.9 Å². The SMILES string of the molecule is CN=C(NCC(OC)c1ccc(F)cc1)NC1CN(C(C)C)CC1C.I. The predicted octanol–water partition coefficient (Wildman–Crippen LogP) is 3.02. The molecular formula is C19H32FIN4O. The van der Waals surface area contributed by atoms with Crippen molar-refractivity contribution >= 4 is 29.9 Å². The van der Waals surface area contributed by atoms with Crippen LogP contribution in [0.3, 0.4) is 0 Å². The fourth-order valence-electron chi connectivity index (χ4n) is 3.19. The summed E-state index contributed by atoms with van der Waals surface area (Å²) >= 11 is 0. The van der Waals surface area contributed by atoms with Gasteiger partial charge in [0.25, 0.3) is 0 Å². The molecule has 1 heterocycles. The van der Waals surface area contributed by atoms with Crippen molar-refractivity contribution in [3.63, 3.8) is 0 Å². The number of guanidine groups is 1. The molecule has 1 aromatic rings. The van der Waals surface area contributed by atoms with Gasteiger partial charge in [-0.3, -0.25) is 9.89 Å². The second kappa shape index (κ2) is 11.0. The second-order valence-corrected chi connectivity index (χ2v) is 7.00. The number of benzene rings is 1. The van der Waals surface area contributed by atoms with Gasteiger partial charge >= 0.3 is 0 Å². The third kappa shape index (κ3) is 6.35. The molecular weight excluding hydrogens is 446 g/mol. The van der Waals surface area contributed by atoms with E-state index in [0.717, 1.165) is 24.6 Å². The number of likely N-dealkylation sites (tertiary alicyclic amines) is 1. The number of halogens is 2. The van der Waals surface area contributed by atoms with Gasteiger partial charge in [0.05, 0.1) is 6.10 Å². The van der Waals surface area contributed by atoms with Crippen LogP contribution in [0.15, 0.2) is 29.3 Å². The fraction of sp³-hybridized carbons (Fsp3) is 0.632. The minimum atomic E-state index is -0.242. The molecule has 2 rings (SSSR count). The molecule has 2 N–H and O–H groups in total. The summed E-state index contributed by atoms with van der Waals surface area (Å²) in [6.45, 7) is 9.41. The molecule has 1 aliphatic heterocycles. The van der Waals surface area contributed by atoms with Gasteiger partial charge < -0.3 is 15.4 Å². The van der Waals surface area contributed by atoms with Gasteiger partial charge in [-0.05, 0) is 37.5 Å². The average molecular weight is 478 g/mol. The third-order valence-electron chi connectivity index (χ3n) is 4.90. The van der Waals surface area contributed by atoms with E-state index in [4.69, 9.17) is 4.74 Å². The Hall–Kier alpha value is -0.930. The molecule has 1 saturated heterocycles. The summed E-state index contributed by atoms with van der Waals surface area (Å²) in [5.74, 6) is 1.09. The number of hydrogen-bond donors (Lipinski definition) is 2. The fourth-order valence-corrected chi connectivity index (χ4v) is 3.19. The zero-order valence-electron chi connectivity index (χ0n) is 16.3. The summed E-state index contributed by atoms with van der Waals surface area (Å²) < 4.78 is 18.6. The molecule has 7 heteroatoms. The number of aliphatic imine (C=N–C) groups is 1. The van der Waals surface area contributed by atoms with E-state index in [0.29, 0.717) is 24.5 Å². The van der Waals surface area contributed by atoms with Crippen LogP contribution in [0.5, 0.6) is 0 Å². The van der Waals surface area contributed by atoms with E-state index in [9.17, 15) is 4.39 Å². The smallest absolute Gasteiger partial charge is 0.191 e. The van der Waals surface area contributed by atoms with Crippen molar-refractivity contribution in [3.8, 4) is 0 Å². The Balaban J connectivity index is 0.00000338. The molecule has 26 heavy (non-hydrogen) atoms. The van der Waals surface area contributed by atoms with Crippen molar-refractivity contribution in [3.05, 3.63) is 35.6 Å². The van der Waals surface area contributed by atoms with Gasteiger partial charge in [0.1, 0.15) is 5.82 Å². The van der Waals surface area contributed by atoms with Crippen LogP contribution in [0, 0.1) is 11.7 Å². The van der Waals surface area contributed by atoms with Crippen molar-refractivity contribution < 1.29 is 9.13 Å². The lowest BCUT2D eigenvalue weighted by molar-refractivity contribution is 0.106. The predicted molar refractivity (Wildman–Crippen MR) is 116 cm³/mol. The highest BCUT2D eigenvalue weighted by molar-refractivity contribution is 14.0. The topological polar surface area (TPSA) is 48.9 Å². The van der Waals surface area contributed by atoms with Crippen LogP contribution >= 0.6 is 24.0 Å². The summed E-state index contributed by atoms with van der Waals surface area (Å²) in [4.78, 5) is 6.81. The lowest BCUT2D eigenvalue weighted by atomic mass is 10.1. The van der Waals surface area contributed by atoms with Crippen LogP contribution in [-0.2, 0) is 4.74 Å². The highest BCUT2D eigenvalue weighted by Crippen LogP contribution is 2.19. The standard InChI is InChI=1S/C19H31FN4O.HI/c1-13(2)24-11-14(3)17(12-24)23-19(21-4)22-10-18(25-5)15-6-8-16(20)9-7-15;/h6-9,13-14,17-18H,10-12H2,1-5H3,(H2,21,22,23);1H. The Labute approximate surface area is 173 Å². The minimum Gasteiger partial charge on any atom is -0.375 e. The minimum absolute atomic E-state index is 0. The van der Waals surface area contributed by atoms with Crippen molar-refractivity contribution in [1.29, 1.82) is 0 Å². The van der Waals surface area contributed by atoms with Gasteiger partial charge in [-0.15, -0.1) is 24.0 Å². The molecule has 0 saturated carbocycles. The highest BCUT2D eigenvalue weighted by atomic mass is 127. The van der Waals surface area contributed by atoms with Gasteiger partial charge in [-0.2, -0.15) is 0 Å². The number of rotatable bonds is 6. The number of ether oxygens (including phenoxy) is 1. The lowest BCUT2D eigenvalue weighted by Gasteiger charge is -2.23. The van der Waals surface area contributed by atoms with Gasteiger partial charge in [0, 0.05) is 45.9 Å². The van der Waals surface area contributed by atoms with E-state index in [1.54, 1.807) is 26.3 Å². The molecule has 3 atom stereocenters. The molecule has 0 aromatic heterocycles. The molecule has 0 spiro atoms. The van der Waals surface area contributed by atoms with Crippen molar-refractivity contribution in [2.24, 2.45) is 10.9 Å². The average Bonchev–Trinajstić information content (AvgIpc) is 2.96. The maximum Gasteiger partial charge on any atom is 0.191 e. The van der Waals surface area contributed by atoms with Crippen LogP contribution < -0.4 is 10.6 Å². The zero-order chi connectivity index (χ0) is 18.4. The second-order valence-electron chi connectivity index (χ2n) is 7.00. The molecule has 0 bridgehead atoms. The first-order valence-corrected chi connectivity index (χ1v) is 8.94. The van der Waals surface area contributed by atoms with E-state index >= 15 is 0 Å². The Morgan fingerprint density at radius 1 is 1.31 bits per heavy atom. The quantitative estimate of drug-likeness (QED) is 0.375. The molecule has 0 aliphatic carbocycles. The first-order chi connectivity index (χ1) is 11.9. The number of nitrogens with zero attached hydrogens (tertiary/aromatic N) is 2. The van der Waals surface area contributed by atoms with Crippen LogP contribution in [0.2, 0.25) is 0 Å². The van der Waals surface area contributed by atoms with Crippen LogP contribution in [0.1, 0.15) is 32.4 Å². The van der Waals surface area contributed by atoms with Crippen molar-refractivity contribution in [2.45, 2.75) is 39.0 Å². The summed E-state index contributed by atoms with van der Waals surface area (Å²) in [6.07, 6.45) is -0.160.